The van der Waals surface area contributed by atoms with E-state index in [0.717, 1.165) is 37.0 Å². The minimum Gasteiger partial charge on any atom is -0.497 e. The molecule has 0 amide bonds. The van der Waals surface area contributed by atoms with Crippen LogP contribution in [0.5, 0.6) is 5.75 Å². The molecular formula is C26H29Cl2N3O4. The monoisotopic (exact) mass is 517 g/mol. The van der Waals surface area contributed by atoms with Gasteiger partial charge in [0.2, 0.25) is 0 Å². The van der Waals surface area contributed by atoms with Crippen molar-refractivity contribution < 1.29 is 19.0 Å². The standard InChI is InChI=1S/C26H29Cl2N3O4/c1-3-34-26(32)25-24(31(30-29-25)15-17-4-8-22(33-2)9-5-17)16-35-23-10-6-18(7-11-23)19-12-20(27)14-21(28)13-19/h4-5,8-9,12-14,18,23H,3,6-7,10-11,15-16H2,1-2H3. The predicted octanol–water partition coefficient (Wildman–Crippen LogP) is 6.06. The molecule has 35 heavy (non-hydrogen) atoms. The highest BCUT2D eigenvalue weighted by Crippen LogP contribution is 2.36. The Kier molecular flexibility index (Phi) is 8.65. The number of hydrogen-bond acceptors (Lipinski definition) is 6. The molecule has 1 heterocycles. The Morgan fingerprint density at radius 1 is 1.06 bits per heavy atom. The molecule has 4 rings (SSSR count). The molecule has 1 aliphatic rings. The number of aromatic nitrogens is 3. The highest BCUT2D eigenvalue weighted by molar-refractivity contribution is 6.34. The molecule has 0 spiro atoms. The van der Waals surface area contributed by atoms with E-state index < -0.39 is 5.97 Å². The fourth-order valence-electron chi connectivity index (χ4n) is 4.44. The third-order valence-corrected chi connectivity index (χ3v) is 6.72. The molecule has 0 bridgehead atoms. The molecule has 0 aliphatic heterocycles. The normalized spacial score (nSPS) is 17.8. The first-order valence-electron chi connectivity index (χ1n) is 11.8. The Balaban J connectivity index is 1.42. The summed E-state index contributed by atoms with van der Waals surface area (Å²) >= 11 is 12.4. The second kappa shape index (κ2) is 11.9. The van der Waals surface area contributed by atoms with Gasteiger partial charge >= 0.3 is 5.97 Å². The zero-order valence-electron chi connectivity index (χ0n) is 19.9. The highest BCUT2D eigenvalue weighted by Gasteiger charge is 2.26. The van der Waals surface area contributed by atoms with E-state index in [0.29, 0.717) is 28.2 Å². The predicted molar refractivity (Wildman–Crippen MR) is 134 cm³/mol. The van der Waals surface area contributed by atoms with Crippen LogP contribution in [0.3, 0.4) is 0 Å². The number of carbonyl (C=O) groups is 1. The Morgan fingerprint density at radius 2 is 1.74 bits per heavy atom. The molecule has 1 saturated carbocycles. The van der Waals surface area contributed by atoms with Crippen molar-refractivity contribution in [3.63, 3.8) is 0 Å². The van der Waals surface area contributed by atoms with Crippen LogP contribution < -0.4 is 4.74 Å². The fourth-order valence-corrected chi connectivity index (χ4v) is 4.98. The van der Waals surface area contributed by atoms with Gasteiger partial charge in [-0.25, -0.2) is 9.48 Å². The second-order valence-electron chi connectivity index (χ2n) is 8.60. The van der Waals surface area contributed by atoms with Crippen LogP contribution in [0.4, 0.5) is 0 Å². The van der Waals surface area contributed by atoms with Gasteiger partial charge in [0.1, 0.15) is 5.75 Å². The Bertz CT molecular complexity index is 1120. The van der Waals surface area contributed by atoms with Crippen molar-refractivity contribution in [1.29, 1.82) is 0 Å². The van der Waals surface area contributed by atoms with E-state index in [1.165, 1.54) is 5.56 Å². The quantitative estimate of drug-likeness (QED) is 0.321. The van der Waals surface area contributed by atoms with Crippen molar-refractivity contribution >= 4 is 29.2 Å². The number of benzene rings is 2. The molecule has 1 aliphatic carbocycles. The Morgan fingerprint density at radius 3 is 2.37 bits per heavy atom. The first-order chi connectivity index (χ1) is 17.0. The number of carbonyl (C=O) groups excluding carboxylic acids is 1. The molecule has 1 fully saturated rings. The molecule has 0 radical (unpaired) electrons. The first-order valence-corrected chi connectivity index (χ1v) is 12.5. The molecule has 3 aromatic rings. The van der Waals surface area contributed by atoms with Crippen molar-refractivity contribution in [1.82, 2.24) is 15.0 Å². The van der Waals surface area contributed by atoms with E-state index >= 15 is 0 Å². The third-order valence-electron chi connectivity index (χ3n) is 6.28. The third kappa shape index (κ3) is 6.54. The number of methoxy groups -OCH3 is 1. The van der Waals surface area contributed by atoms with Crippen LogP contribution in [0.15, 0.2) is 42.5 Å². The van der Waals surface area contributed by atoms with E-state index in [1.54, 1.807) is 24.8 Å². The van der Waals surface area contributed by atoms with Gasteiger partial charge in [-0.1, -0.05) is 40.5 Å². The lowest BCUT2D eigenvalue weighted by Gasteiger charge is -2.29. The maximum Gasteiger partial charge on any atom is 0.360 e. The molecule has 7 nitrogen and oxygen atoms in total. The average Bonchev–Trinajstić information content (AvgIpc) is 3.25. The number of ether oxygens (including phenoxy) is 3. The van der Waals surface area contributed by atoms with Gasteiger partial charge in [-0.15, -0.1) is 5.10 Å². The van der Waals surface area contributed by atoms with Gasteiger partial charge in [0.15, 0.2) is 5.69 Å². The summed E-state index contributed by atoms with van der Waals surface area (Å²) in [5.74, 6) is 0.691. The first kappa shape index (κ1) is 25.5. The van der Waals surface area contributed by atoms with Crippen LogP contribution >= 0.6 is 23.2 Å². The van der Waals surface area contributed by atoms with Crippen LogP contribution in [-0.2, 0) is 22.6 Å². The Labute approximate surface area is 215 Å². The van der Waals surface area contributed by atoms with Crippen molar-refractivity contribution in [2.75, 3.05) is 13.7 Å². The van der Waals surface area contributed by atoms with E-state index in [9.17, 15) is 4.79 Å². The fraction of sp³-hybridized carbons (Fsp3) is 0.423. The summed E-state index contributed by atoms with van der Waals surface area (Å²) in [6.45, 7) is 2.72. The molecule has 0 atom stereocenters. The van der Waals surface area contributed by atoms with Gasteiger partial charge in [-0.3, -0.25) is 0 Å². The van der Waals surface area contributed by atoms with Gasteiger partial charge in [-0.05, 0) is 80.0 Å². The minimum absolute atomic E-state index is 0.0836. The number of esters is 1. The molecule has 1 aromatic heterocycles. The lowest BCUT2D eigenvalue weighted by molar-refractivity contribution is 0.00927. The highest BCUT2D eigenvalue weighted by atomic mass is 35.5. The maximum atomic E-state index is 12.5. The summed E-state index contributed by atoms with van der Waals surface area (Å²) in [5, 5.41) is 9.65. The largest absolute Gasteiger partial charge is 0.497 e. The second-order valence-corrected chi connectivity index (χ2v) is 9.47. The summed E-state index contributed by atoms with van der Waals surface area (Å²) in [6, 6.07) is 13.4. The molecular weight excluding hydrogens is 489 g/mol. The van der Waals surface area contributed by atoms with Gasteiger partial charge in [0.05, 0.1) is 38.7 Å². The number of rotatable bonds is 9. The van der Waals surface area contributed by atoms with Crippen LogP contribution in [0.25, 0.3) is 0 Å². The lowest BCUT2D eigenvalue weighted by Crippen LogP contribution is -2.22. The number of hydrogen-bond donors (Lipinski definition) is 0. The summed E-state index contributed by atoms with van der Waals surface area (Å²) in [5.41, 5.74) is 2.99. The van der Waals surface area contributed by atoms with Crippen LogP contribution in [0.1, 0.15) is 65.8 Å². The van der Waals surface area contributed by atoms with Crippen molar-refractivity contribution in [2.24, 2.45) is 0 Å². The minimum atomic E-state index is -0.492. The summed E-state index contributed by atoms with van der Waals surface area (Å²) in [4.78, 5) is 12.5. The van der Waals surface area contributed by atoms with E-state index in [-0.39, 0.29) is 25.0 Å². The zero-order chi connectivity index (χ0) is 24.8. The number of nitrogens with zero attached hydrogens (tertiary/aromatic N) is 3. The smallest absolute Gasteiger partial charge is 0.360 e. The Hall–Kier alpha value is -2.61. The summed E-state index contributed by atoms with van der Waals surface area (Å²) in [6.07, 6.45) is 3.86. The van der Waals surface area contributed by atoms with Gasteiger partial charge < -0.3 is 14.2 Å². The summed E-state index contributed by atoms with van der Waals surface area (Å²) in [7, 11) is 1.63. The maximum absolute atomic E-state index is 12.5. The number of halogens is 2. The van der Waals surface area contributed by atoms with Gasteiger partial charge in [-0.2, -0.15) is 0 Å². The van der Waals surface area contributed by atoms with Gasteiger partial charge in [0, 0.05) is 10.0 Å². The molecule has 0 saturated heterocycles. The molecule has 0 N–H and O–H groups in total. The van der Waals surface area contributed by atoms with Crippen LogP contribution in [0.2, 0.25) is 10.0 Å². The summed E-state index contributed by atoms with van der Waals surface area (Å²) < 4.78 is 18.4. The molecule has 9 heteroatoms. The SMILES string of the molecule is CCOC(=O)c1nnn(Cc2ccc(OC)cc2)c1COC1CCC(c2cc(Cl)cc(Cl)c2)CC1. The van der Waals surface area contributed by atoms with Crippen LogP contribution in [0, 0.1) is 0 Å². The lowest BCUT2D eigenvalue weighted by atomic mass is 9.83. The van der Waals surface area contributed by atoms with Crippen molar-refractivity contribution in [3.05, 3.63) is 75.0 Å². The van der Waals surface area contributed by atoms with E-state index in [1.807, 2.05) is 36.4 Å². The molecule has 186 valence electrons. The topological polar surface area (TPSA) is 75.5 Å². The molecule has 0 unspecified atom stereocenters. The molecule has 2 aromatic carbocycles. The van der Waals surface area contributed by atoms with E-state index in [4.69, 9.17) is 37.4 Å². The van der Waals surface area contributed by atoms with Crippen molar-refractivity contribution in [3.8, 4) is 5.75 Å². The average molecular weight is 518 g/mol. The van der Waals surface area contributed by atoms with Gasteiger partial charge in [0.25, 0.3) is 0 Å². The van der Waals surface area contributed by atoms with Crippen molar-refractivity contribution in [2.45, 2.75) is 57.8 Å². The zero-order valence-corrected chi connectivity index (χ0v) is 21.4. The van der Waals surface area contributed by atoms with E-state index in [2.05, 4.69) is 10.3 Å². The van der Waals surface area contributed by atoms with Crippen LogP contribution in [-0.4, -0.2) is 40.8 Å².